The molecule has 0 saturated carbocycles. The molecule has 1 heterocycles. The maximum atomic E-state index is 13.5. The van der Waals surface area contributed by atoms with E-state index in [0.717, 1.165) is 0 Å². The topological polar surface area (TPSA) is 75.0 Å². The molecule has 0 aliphatic rings. The molecule has 0 N–H and O–H groups in total. The van der Waals surface area contributed by atoms with Gasteiger partial charge >= 0.3 is 0 Å². The van der Waals surface area contributed by atoms with Gasteiger partial charge in [-0.1, -0.05) is 59.1 Å². The Kier molecular flexibility index (Phi) is 6.08. The fourth-order valence-electron chi connectivity index (χ4n) is 3.25. The molecule has 0 aliphatic carbocycles. The summed E-state index contributed by atoms with van der Waals surface area (Å²) in [5.74, 6) is -0.506. The van der Waals surface area contributed by atoms with Gasteiger partial charge in [0.15, 0.2) is 0 Å². The van der Waals surface area contributed by atoms with Crippen LogP contribution in [0.4, 0.5) is 4.39 Å². The molecule has 8 heteroatoms. The lowest BCUT2D eigenvalue weighted by Gasteiger charge is -2.13. The van der Waals surface area contributed by atoms with Gasteiger partial charge in [-0.3, -0.25) is 9.00 Å². The zero-order chi connectivity index (χ0) is 22.0. The van der Waals surface area contributed by atoms with Crippen LogP contribution in [0.2, 0.25) is 5.02 Å². The standard InChI is InChI=1S/C23H16ClFN2O3S/c24-18-7-11-20(12-8-18)27-23(28)22(17-5-9-19(25)10-6-17)21(13-26-27)16-3-1-15(2-4-16)14-31(29)30/h1-13H,14H2,(H,29,30)/p-1. The number of rotatable bonds is 5. The molecule has 0 saturated heterocycles. The summed E-state index contributed by atoms with van der Waals surface area (Å²) in [6.45, 7) is 0. The molecule has 5 nitrogen and oxygen atoms in total. The Morgan fingerprint density at radius 3 is 2.16 bits per heavy atom. The maximum Gasteiger partial charge on any atom is 0.279 e. The van der Waals surface area contributed by atoms with Crippen molar-refractivity contribution in [1.82, 2.24) is 9.78 Å². The van der Waals surface area contributed by atoms with Crippen LogP contribution in [0.5, 0.6) is 0 Å². The first-order chi connectivity index (χ1) is 14.9. The average Bonchev–Trinajstić information content (AvgIpc) is 2.75. The Morgan fingerprint density at radius 2 is 1.55 bits per heavy atom. The van der Waals surface area contributed by atoms with E-state index in [2.05, 4.69) is 5.10 Å². The molecule has 0 spiro atoms. The van der Waals surface area contributed by atoms with E-state index in [1.165, 1.54) is 28.9 Å². The van der Waals surface area contributed by atoms with E-state index in [1.54, 1.807) is 54.7 Å². The van der Waals surface area contributed by atoms with Gasteiger partial charge < -0.3 is 4.55 Å². The Balaban J connectivity index is 1.89. The fraction of sp³-hybridized carbons (Fsp3) is 0.0435. The van der Waals surface area contributed by atoms with E-state index in [9.17, 15) is 17.9 Å². The van der Waals surface area contributed by atoms with Gasteiger partial charge in [-0.05, 0) is 53.1 Å². The third-order valence-electron chi connectivity index (χ3n) is 4.73. The summed E-state index contributed by atoms with van der Waals surface area (Å²) in [7, 11) is 0. The lowest BCUT2D eigenvalue weighted by Crippen LogP contribution is -2.23. The number of benzene rings is 3. The summed E-state index contributed by atoms with van der Waals surface area (Å²) in [4.78, 5) is 13.4. The molecule has 1 aromatic heterocycles. The van der Waals surface area contributed by atoms with Crippen molar-refractivity contribution in [3.05, 3.63) is 106 Å². The van der Waals surface area contributed by atoms with Crippen LogP contribution >= 0.6 is 11.6 Å². The molecule has 4 rings (SSSR count). The first-order valence-corrected chi connectivity index (χ1v) is 10.8. The lowest BCUT2D eigenvalue weighted by molar-refractivity contribution is 0.536. The van der Waals surface area contributed by atoms with Crippen LogP contribution in [0.3, 0.4) is 0 Å². The summed E-state index contributed by atoms with van der Waals surface area (Å²) < 4.78 is 36.6. The van der Waals surface area contributed by atoms with Crippen molar-refractivity contribution in [1.29, 1.82) is 0 Å². The molecular weight excluding hydrogens is 439 g/mol. The van der Waals surface area contributed by atoms with Gasteiger partial charge in [0.1, 0.15) is 5.82 Å². The molecule has 156 valence electrons. The van der Waals surface area contributed by atoms with Crippen molar-refractivity contribution < 1.29 is 13.2 Å². The van der Waals surface area contributed by atoms with E-state index >= 15 is 0 Å². The largest absolute Gasteiger partial charge is 0.772 e. The lowest BCUT2D eigenvalue weighted by atomic mass is 9.96. The van der Waals surface area contributed by atoms with Crippen LogP contribution in [0.1, 0.15) is 5.56 Å². The zero-order valence-corrected chi connectivity index (χ0v) is 17.6. The average molecular weight is 454 g/mol. The molecule has 0 radical (unpaired) electrons. The van der Waals surface area contributed by atoms with Crippen LogP contribution in [0.25, 0.3) is 27.9 Å². The number of hydrogen-bond acceptors (Lipinski definition) is 4. The highest BCUT2D eigenvalue weighted by molar-refractivity contribution is 7.78. The van der Waals surface area contributed by atoms with Crippen molar-refractivity contribution in [2.75, 3.05) is 0 Å². The van der Waals surface area contributed by atoms with Crippen molar-refractivity contribution in [2.24, 2.45) is 0 Å². The summed E-state index contributed by atoms with van der Waals surface area (Å²) in [5, 5.41) is 4.85. The minimum absolute atomic E-state index is 0.0957. The van der Waals surface area contributed by atoms with Crippen LogP contribution in [-0.4, -0.2) is 18.5 Å². The summed E-state index contributed by atoms with van der Waals surface area (Å²) in [6.07, 6.45) is 1.56. The highest BCUT2D eigenvalue weighted by atomic mass is 35.5. The SMILES string of the molecule is O=c1c(-c2ccc(F)cc2)c(-c2ccc(CS(=O)[O-])cc2)cnn1-c1ccc(Cl)cc1. The highest BCUT2D eigenvalue weighted by Crippen LogP contribution is 2.30. The van der Waals surface area contributed by atoms with E-state index < -0.39 is 16.9 Å². The van der Waals surface area contributed by atoms with E-state index in [4.69, 9.17) is 11.6 Å². The van der Waals surface area contributed by atoms with Crippen molar-refractivity contribution in [3.63, 3.8) is 0 Å². The predicted molar refractivity (Wildman–Crippen MR) is 118 cm³/mol. The van der Waals surface area contributed by atoms with Gasteiger partial charge in [0.25, 0.3) is 5.56 Å². The second kappa shape index (κ2) is 8.93. The summed E-state index contributed by atoms with van der Waals surface area (Å²) in [6, 6.07) is 19.2. The fourth-order valence-corrected chi connectivity index (χ4v) is 3.84. The smallest absolute Gasteiger partial charge is 0.279 e. The monoisotopic (exact) mass is 453 g/mol. The van der Waals surface area contributed by atoms with E-state index in [-0.39, 0.29) is 11.3 Å². The minimum Gasteiger partial charge on any atom is -0.772 e. The van der Waals surface area contributed by atoms with Gasteiger partial charge in [-0.2, -0.15) is 9.78 Å². The van der Waals surface area contributed by atoms with Crippen molar-refractivity contribution in [3.8, 4) is 27.9 Å². The Labute approximate surface area is 185 Å². The van der Waals surface area contributed by atoms with Crippen molar-refractivity contribution in [2.45, 2.75) is 5.75 Å². The third-order valence-corrected chi connectivity index (χ3v) is 5.55. The highest BCUT2D eigenvalue weighted by Gasteiger charge is 2.16. The molecule has 4 aromatic rings. The molecule has 0 fully saturated rings. The van der Waals surface area contributed by atoms with Crippen LogP contribution in [0, 0.1) is 5.82 Å². The van der Waals surface area contributed by atoms with E-state index in [0.29, 0.717) is 38.5 Å². The Hall–Kier alpha value is -3.13. The van der Waals surface area contributed by atoms with Gasteiger partial charge in [-0.15, -0.1) is 0 Å². The Bertz CT molecular complexity index is 1300. The predicted octanol–water partition coefficient (Wildman–Crippen LogP) is 4.74. The number of nitrogens with zero attached hydrogens (tertiary/aromatic N) is 2. The van der Waals surface area contributed by atoms with Gasteiger partial charge in [0.05, 0.1) is 17.4 Å². The molecule has 1 unspecified atom stereocenters. The number of hydrogen-bond donors (Lipinski definition) is 0. The third kappa shape index (κ3) is 4.64. The van der Waals surface area contributed by atoms with Gasteiger partial charge in [-0.25, -0.2) is 4.39 Å². The van der Waals surface area contributed by atoms with Crippen LogP contribution < -0.4 is 5.56 Å². The number of aromatic nitrogens is 2. The zero-order valence-electron chi connectivity index (χ0n) is 16.0. The van der Waals surface area contributed by atoms with Crippen LogP contribution in [-0.2, 0) is 16.8 Å². The molecule has 31 heavy (non-hydrogen) atoms. The number of halogens is 2. The minimum atomic E-state index is -2.19. The second-order valence-corrected chi connectivity index (χ2v) is 8.11. The molecule has 0 bridgehead atoms. The first-order valence-electron chi connectivity index (χ1n) is 9.22. The summed E-state index contributed by atoms with van der Waals surface area (Å²) in [5.41, 5.74) is 2.92. The quantitative estimate of drug-likeness (QED) is 0.409. The van der Waals surface area contributed by atoms with Crippen LogP contribution in [0.15, 0.2) is 83.8 Å². The normalized spacial score (nSPS) is 12.0. The molecule has 0 aliphatic heterocycles. The second-order valence-electron chi connectivity index (χ2n) is 6.78. The molecule has 3 aromatic carbocycles. The molecule has 1 atom stereocenters. The van der Waals surface area contributed by atoms with Gasteiger partial charge in [0, 0.05) is 16.3 Å². The first kappa shape index (κ1) is 21.1. The Morgan fingerprint density at radius 1 is 0.935 bits per heavy atom. The van der Waals surface area contributed by atoms with Crippen molar-refractivity contribution >= 4 is 22.7 Å². The molecular formula is C23H15ClFN2O3S-. The van der Waals surface area contributed by atoms with Gasteiger partial charge in [0.2, 0.25) is 0 Å². The summed E-state index contributed by atoms with van der Waals surface area (Å²) >= 11 is 3.75. The maximum absolute atomic E-state index is 13.5. The van der Waals surface area contributed by atoms with E-state index in [1.807, 2.05) is 0 Å². The molecule has 0 amide bonds.